The second-order valence-electron chi connectivity index (χ2n) is 6.71. The molecule has 0 atom stereocenters. The summed E-state index contributed by atoms with van der Waals surface area (Å²) in [4.78, 5) is 31.7. The number of aryl methyl sites for hydroxylation is 1. The van der Waals surface area contributed by atoms with Gasteiger partial charge in [0.15, 0.2) is 0 Å². The average molecular weight is 371 g/mol. The molecule has 0 aliphatic carbocycles. The third-order valence-corrected chi connectivity index (χ3v) is 4.62. The van der Waals surface area contributed by atoms with Crippen molar-refractivity contribution >= 4 is 11.9 Å². The van der Waals surface area contributed by atoms with E-state index in [-0.39, 0.29) is 11.9 Å². The van der Waals surface area contributed by atoms with Crippen LogP contribution in [0.1, 0.15) is 24.8 Å². The number of hydrogen-bond acceptors (Lipinski definition) is 5. The van der Waals surface area contributed by atoms with Crippen molar-refractivity contribution in [3.05, 3.63) is 35.7 Å². The zero-order valence-electron chi connectivity index (χ0n) is 15.8. The van der Waals surface area contributed by atoms with Crippen LogP contribution in [0.4, 0.5) is 4.79 Å². The molecular formula is C19H25N5O3. The second kappa shape index (κ2) is 8.66. The molecular weight excluding hydrogens is 346 g/mol. The number of carbonyl (C=O) groups is 2. The highest BCUT2D eigenvalue weighted by Crippen LogP contribution is 2.16. The van der Waals surface area contributed by atoms with Crippen LogP contribution in [0.15, 0.2) is 28.8 Å². The zero-order chi connectivity index (χ0) is 19.2. The largest absolute Gasteiger partial charge is 0.341 e. The number of urea groups is 1. The molecule has 1 fully saturated rings. The summed E-state index contributed by atoms with van der Waals surface area (Å²) in [6.07, 6.45) is 1.26. The summed E-state index contributed by atoms with van der Waals surface area (Å²) < 4.78 is 5.27. The molecule has 2 aromatic rings. The van der Waals surface area contributed by atoms with E-state index in [0.717, 1.165) is 12.0 Å². The van der Waals surface area contributed by atoms with Gasteiger partial charge in [0.25, 0.3) is 0 Å². The van der Waals surface area contributed by atoms with Crippen LogP contribution < -0.4 is 5.32 Å². The molecule has 1 aromatic carbocycles. The average Bonchev–Trinajstić information content (AvgIpc) is 2.97. The minimum atomic E-state index is -0.126. The van der Waals surface area contributed by atoms with Gasteiger partial charge in [-0.1, -0.05) is 35.0 Å². The monoisotopic (exact) mass is 371 g/mol. The Hall–Kier alpha value is -2.90. The summed E-state index contributed by atoms with van der Waals surface area (Å²) >= 11 is 0. The fraction of sp³-hybridized carbons (Fsp3) is 0.474. The first-order valence-electron chi connectivity index (χ1n) is 9.21. The highest BCUT2D eigenvalue weighted by Gasteiger charge is 2.20. The lowest BCUT2D eigenvalue weighted by Crippen LogP contribution is -2.43. The van der Waals surface area contributed by atoms with E-state index >= 15 is 0 Å². The molecule has 1 aliphatic heterocycles. The molecule has 0 spiro atoms. The maximum atomic E-state index is 12.3. The van der Waals surface area contributed by atoms with Crippen molar-refractivity contribution in [3.8, 4) is 11.4 Å². The van der Waals surface area contributed by atoms with Crippen molar-refractivity contribution in [2.75, 3.05) is 32.7 Å². The molecule has 1 aromatic heterocycles. The van der Waals surface area contributed by atoms with Crippen LogP contribution in [-0.4, -0.2) is 64.6 Å². The molecule has 0 radical (unpaired) electrons. The lowest BCUT2D eigenvalue weighted by molar-refractivity contribution is -0.128. The third kappa shape index (κ3) is 5.06. The third-order valence-electron chi connectivity index (χ3n) is 4.62. The fourth-order valence-electron chi connectivity index (χ4n) is 3.00. The van der Waals surface area contributed by atoms with E-state index in [4.69, 9.17) is 4.52 Å². The number of hydrogen-bond donors (Lipinski definition) is 1. The Morgan fingerprint density at radius 3 is 2.56 bits per heavy atom. The maximum absolute atomic E-state index is 12.3. The number of rotatable bonds is 4. The summed E-state index contributed by atoms with van der Waals surface area (Å²) in [5.74, 6) is 1.09. The molecule has 2 heterocycles. The van der Waals surface area contributed by atoms with Crippen molar-refractivity contribution < 1.29 is 14.1 Å². The number of nitrogens with one attached hydrogen (secondary N) is 1. The Labute approximate surface area is 158 Å². The van der Waals surface area contributed by atoms with Crippen LogP contribution in [0, 0.1) is 6.92 Å². The number of benzene rings is 1. The van der Waals surface area contributed by atoms with Gasteiger partial charge in [-0.3, -0.25) is 4.79 Å². The van der Waals surface area contributed by atoms with Crippen molar-refractivity contribution in [2.24, 2.45) is 0 Å². The molecule has 3 rings (SSSR count). The van der Waals surface area contributed by atoms with E-state index in [1.54, 1.807) is 16.7 Å². The van der Waals surface area contributed by atoms with Crippen LogP contribution in [0.2, 0.25) is 0 Å². The van der Waals surface area contributed by atoms with Crippen LogP contribution in [-0.2, 0) is 11.2 Å². The molecule has 1 saturated heterocycles. The summed E-state index contributed by atoms with van der Waals surface area (Å²) in [5.41, 5.74) is 2.07. The Morgan fingerprint density at radius 2 is 1.81 bits per heavy atom. The minimum Gasteiger partial charge on any atom is -0.341 e. The van der Waals surface area contributed by atoms with E-state index in [1.165, 1.54) is 5.56 Å². The number of aromatic nitrogens is 2. The molecule has 1 aliphatic rings. The van der Waals surface area contributed by atoms with Gasteiger partial charge in [-0.15, -0.1) is 0 Å². The molecule has 27 heavy (non-hydrogen) atoms. The molecule has 144 valence electrons. The first-order chi connectivity index (χ1) is 13.0. The predicted octanol–water partition coefficient (Wildman–Crippen LogP) is 1.85. The SMILES string of the molecule is CC(=O)N1CCCN(C(=O)NCCc2nc(-c3ccc(C)cc3)no2)CC1. The topological polar surface area (TPSA) is 91.6 Å². The molecule has 0 unspecified atom stereocenters. The van der Waals surface area contributed by atoms with Gasteiger partial charge >= 0.3 is 6.03 Å². The van der Waals surface area contributed by atoms with Crippen LogP contribution in [0.3, 0.4) is 0 Å². The van der Waals surface area contributed by atoms with Gasteiger partial charge in [-0.05, 0) is 13.3 Å². The van der Waals surface area contributed by atoms with Gasteiger partial charge in [-0.25, -0.2) is 4.79 Å². The lowest BCUT2D eigenvalue weighted by atomic mass is 10.1. The normalized spacial score (nSPS) is 14.7. The molecule has 8 nitrogen and oxygen atoms in total. The summed E-state index contributed by atoms with van der Waals surface area (Å²) in [5, 5.41) is 6.88. The summed E-state index contributed by atoms with van der Waals surface area (Å²) in [7, 11) is 0. The van der Waals surface area contributed by atoms with Gasteiger partial charge in [-0.2, -0.15) is 4.98 Å². The van der Waals surface area contributed by atoms with Crippen molar-refractivity contribution in [1.82, 2.24) is 25.3 Å². The Kier molecular flexibility index (Phi) is 6.05. The van der Waals surface area contributed by atoms with E-state index < -0.39 is 0 Å². The van der Waals surface area contributed by atoms with Crippen LogP contribution >= 0.6 is 0 Å². The van der Waals surface area contributed by atoms with Crippen molar-refractivity contribution in [1.29, 1.82) is 0 Å². The lowest BCUT2D eigenvalue weighted by Gasteiger charge is -2.21. The number of nitrogens with zero attached hydrogens (tertiary/aromatic N) is 4. The maximum Gasteiger partial charge on any atom is 0.317 e. The summed E-state index contributed by atoms with van der Waals surface area (Å²) in [6, 6.07) is 7.78. The van der Waals surface area contributed by atoms with Crippen LogP contribution in [0.5, 0.6) is 0 Å². The van der Waals surface area contributed by atoms with Crippen molar-refractivity contribution in [2.45, 2.75) is 26.7 Å². The van der Waals surface area contributed by atoms with E-state index in [1.807, 2.05) is 31.2 Å². The van der Waals surface area contributed by atoms with Gasteiger partial charge in [0.2, 0.25) is 17.6 Å². The van der Waals surface area contributed by atoms with Gasteiger partial charge in [0.05, 0.1) is 0 Å². The molecule has 3 amide bonds. The molecule has 1 N–H and O–H groups in total. The molecule has 8 heteroatoms. The first kappa shape index (κ1) is 18.9. The van der Waals surface area contributed by atoms with Crippen molar-refractivity contribution in [3.63, 3.8) is 0 Å². The summed E-state index contributed by atoms with van der Waals surface area (Å²) in [6.45, 7) is 6.47. The standard InChI is InChI=1S/C19H25N5O3/c1-14-4-6-16(7-5-14)18-21-17(27-22-18)8-9-20-19(26)24-11-3-10-23(12-13-24)15(2)25/h4-7H,3,8-13H2,1-2H3,(H,20,26). The van der Waals surface area contributed by atoms with Gasteiger partial charge in [0, 0.05) is 51.6 Å². The van der Waals surface area contributed by atoms with Gasteiger partial charge < -0.3 is 19.6 Å². The Morgan fingerprint density at radius 1 is 1.11 bits per heavy atom. The number of amides is 3. The van der Waals surface area contributed by atoms with Crippen LogP contribution in [0.25, 0.3) is 11.4 Å². The fourth-order valence-corrected chi connectivity index (χ4v) is 3.00. The number of carbonyl (C=O) groups excluding carboxylic acids is 2. The second-order valence-corrected chi connectivity index (χ2v) is 6.71. The van der Waals surface area contributed by atoms with E-state index in [0.29, 0.717) is 50.9 Å². The van der Waals surface area contributed by atoms with Gasteiger partial charge in [0.1, 0.15) is 0 Å². The predicted molar refractivity (Wildman–Crippen MR) is 100 cm³/mol. The van der Waals surface area contributed by atoms with E-state index in [9.17, 15) is 9.59 Å². The van der Waals surface area contributed by atoms with E-state index in [2.05, 4.69) is 15.5 Å². The Balaban J connectivity index is 1.46. The smallest absolute Gasteiger partial charge is 0.317 e. The minimum absolute atomic E-state index is 0.0537. The zero-order valence-corrected chi connectivity index (χ0v) is 15.8. The molecule has 0 bridgehead atoms. The quantitative estimate of drug-likeness (QED) is 0.886. The highest BCUT2D eigenvalue weighted by molar-refractivity contribution is 5.75. The Bertz CT molecular complexity index is 787. The first-order valence-corrected chi connectivity index (χ1v) is 9.21. The highest BCUT2D eigenvalue weighted by atomic mass is 16.5. The molecule has 0 saturated carbocycles.